The molecule has 1 unspecified atom stereocenters. The molecule has 0 spiro atoms. The predicted molar refractivity (Wildman–Crippen MR) is 129 cm³/mol. The van der Waals surface area contributed by atoms with E-state index in [-0.39, 0.29) is 31.7 Å². The van der Waals surface area contributed by atoms with Gasteiger partial charge in [-0.15, -0.1) is 5.10 Å². The van der Waals surface area contributed by atoms with Crippen molar-refractivity contribution in [2.24, 2.45) is 0 Å². The van der Waals surface area contributed by atoms with E-state index in [1.54, 1.807) is 49.8 Å². The zero-order chi connectivity index (χ0) is 24.9. The fraction of sp³-hybridized carbons (Fsp3) is 0.240. The summed E-state index contributed by atoms with van der Waals surface area (Å²) in [5.74, 6) is 0.323. The van der Waals surface area contributed by atoms with E-state index < -0.39 is 6.04 Å². The highest BCUT2D eigenvalue weighted by Crippen LogP contribution is 2.38. The van der Waals surface area contributed by atoms with Crippen molar-refractivity contribution in [2.45, 2.75) is 12.6 Å². The van der Waals surface area contributed by atoms with E-state index in [9.17, 15) is 9.59 Å². The van der Waals surface area contributed by atoms with Crippen molar-refractivity contribution in [3.63, 3.8) is 0 Å². The fourth-order valence-corrected chi connectivity index (χ4v) is 4.05. The van der Waals surface area contributed by atoms with Crippen molar-refractivity contribution in [1.82, 2.24) is 25.3 Å². The Bertz CT molecular complexity index is 1380. The summed E-state index contributed by atoms with van der Waals surface area (Å²) in [5, 5.41) is 11.2. The van der Waals surface area contributed by atoms with Crippen LogP contribution in [-0.4, -0.2) is 58.8 Å². The van der Waals surface area contributed by atoms with Crippen LogP contribution in [0, 0.1) is 0 Å². The van der Waals surface area contributed by atoms with Gasteiger partial charge in [0.15, 0.2) is 11.5 Å². The fourth-order valence-electron chi connectivity index (χ4n) is 4.05. The van der Waals surface area contributed by atoms with Crippen LogP contribution in [0.3, 0.4) is 0 Å². The number of pyridine rings is 1. The van der Waals surface area contributed by atoms with E-state index in [1.165, 1.54) is 9.58 Å². The van der Waals surface area contributed by atoms with Gasteiger partial charge < -0.3 is 19.5 Å². The van der Waals surface area contributed by atoms with Crippen LogP contribution >= 0.6 is 0 Å². The zero-order valence-corrected chi connectivity index (χ0v) is 19.5. The van der Waals surface area contributed by atoms with Crippen LogP contribution in [0.15, 0.2) is 67.0 Å². The maximum absolute atomic E-state index is 13.9. The second-order valence-corrected chi connectivity index (χ2v) is 8.00. The lowest BCUT2D eigenvalue weighted by molar-refractivity contribution is -0.127. The Balaban J connectivity index is 1.57. The minimum atomic E-state index is -0.993. The van der Waals surface area contributed by atoms with Crippen LogP contribution in [-0.2, 0) is 20.9 Å². The molecule has 2 amide bonds. The number of carbonyl (C=O) groups excluding carboxylic acids is 2. The molecule has 5 rings (SSSR count). The third kappa shape index (κ3) is 4.68. The first kappa shape index (κ1) is 23.2. The van der Waals surface area contributed by atoms with Gasteiger partial charge in [0, 0.05) is 37.8 Å². The highest BCUT2D eigenvalue weighted by Gasteiger charge is 2.34. The Kier molecular flexibility index (Phi) is 6.72. The van der Waals surface area contributed by atoms with Gasteiger partial charge in [-0.1, -0.05) is 17.3 Å². The lowest BCUT2D eigenvalue weighted by Gasteiger charge is -2.31. The lowest BCUT2D eigenvalue weighted by Crippen LogP contribution is -2.46. The van der Waals surface area contributed by atoms with Gasteiger partial charge in [-0.05, 0) is 42.0 Å². The number of nitrogens with one attached hydrogen (secondary N) is 1. The first-order valence-electron chi connectivity index (χ1n) is 11.3. The SMILES string of the molecule is COCCNC(=O)C(c1ccncc1)N(C(=O)Cn1nnc2ccccc21)c1ccc2c(c1)OCO2. The van der Waals surface area contributed by atoms with Gasteiger partial charge in [-0.25, -0.2) is 4.68 Å². The third-order valence-electron chi connectivity index (χ3n) is 5.74. The van der Waals surface area contributed by atoms with Crippen molar-refractivity contribution >= 4 is 28.5 Å². The van der Waals surface area contributed by atoms with Gasteiger partial charge in [-0.3, -0.25) is 19.5 Å². The summed E-state index contributed by atoms with van der Waals surface area (Å²) in [7, 11) is 1.55. The minimum Gasteiger partial charge on any atom is -0.454 e. The second-order valence-electron chi connectivity index (χ2n) is 8.00. The molecular weight excluding hydrogens is 464 g/mol. The number of aromatic nitrogens is 4. The number of nitrogens with zero attached hydrogens (tertiary/aromatic N) is 5. The summed E-state index contributed by atoms with van der Waals surface area (Å²) < 4.78 is 17.6. The van der Waals surface area contributed by atoms with E-state index in [0.29, 0.717) is 40.4 Å². The number of rotatable bonds is 9. The molecule has 0 fully saturated rings. The summed E-state index contributed by atoms with van der Waals surface area (Å²) in [6, 6.07) is 14.9. The number of methoxy groups -OCH3 is 1. The Labute approximate surface area is 206 Å². The van der Waals surface area contributed by atoms with Crippen molar-refractivity contribution in [3.8, 4) is 11.5 Å². The number of benzene rings is 2. The number of hydrogen-bond donors (Lipinski definition) is 1. The average molecular weight is 489 g/mol. The van der Waals surface area contributed by atoms with Crippen LogP contribution in [0.5, 0.6) is 11.5 Å². The van der Waals surface area contributed by atoms with Gasteiger partial charge in [0.05, 0.1) is 12.1 Å². The summed E-state index contributed by atoms with van der Waals surface area (Å²) in [6.45, 7) is 0.566. The van der Waals surface area contributed by atoms with Crippen LogP contribution in [0.25, 0.3) is 11.0 Å². The van der Waals surface area contributed by atoms with Crippen LogP contribution in [0.4, 0.5) is 5.69 Å². The molecule has 3 heterocycles. The van der Waals surface area contributed by atoms with E-state index in [4.69, 9.17) is 14.2 Å². The highest BCUT2D eigenvalue weighted by molar-refractivity contribution is 6.01. The second kappa shape index (κ2) is 10.4. The number of amides is 2. The minimum absolute atomic E-state index is 0.0863. The quantitative estimate of drug-likeness (QED) is 0.356. The largest absolute Gasteiger partial charge is 0.454 e. The van der Waals surface area contributed by atoms with Gasteiger partial charge >= 0.3 is 0 Å². The molecule has 0 saturated heterocycles. The van der Waals surface area contributed by atoms with Crippen molar-refractivity contribution < 1.29 is 23.8 Å². The Hall–Kier alpha value is -4.51. The molecule has 2 aromatic carbocycles. The van der Waals surface area contributed by atoms with Crippen molar-refractivity contribution in [3.05, 3.63) is 72.6 Å². The molecule has 0 bridgehead atoms. The van der Waals surface area contributed by atoms with Gasteiger partial charge in [0.2, 0.25) is 18.6 Å². The van der Waals surface area contributed by atoms with Crippen molar-refractivity contribution in [1.29, 1.82) is 0 Å². The Morgan fingerprint density at radius 1 is 1.11 bits per heavy atom. The monoisotopic (exact) mass is 488 g/mol. The van der Waals surface area contributed by atoms with Gasteiger partial charge in [0.1, 0.15) is 18.1 Å². The summed E-state index contributed by atoms with van der Waals surface area (Å²) in [6.07, 6.45) is 3.16. The molecule has 2 aromatic heterocycles. The van der Waals surface area contributed by atoms with Crippen LogP contribution in [0.2, 0.25) is 0 Å². The number of hydrogen-bond acceptors (Lipinski definition) is 8. The van der Waals surface area contributed by atoms with Crippen LogP contribution < -0.4 is 19.7 Å². The number of anilines is 1. The number of carbonyl (C=O) groups is 2. The molecule has 1 aliphatic rings. The Morgan fingerprint density at radius 3 is 2.75 bits per heavy atom. The average Bonchev–Trinajstić information content (AvgIpc) is 3.54. The normalized spacial score (nSPS) is 12.9. The van der Waals surface area contributed by atoms with Gasteiger partial charge in [0.25, 0.3) is 0 Å². The van der Waals surface area contributed by atoms with Crippen LogP contribution in [0.1, 0.15) is 11.6 Å². The smallest absolute Gasteiger partial charge is 0.249 e. The molecule has 184 valence electrons. The summed E-state index contributed by atoms with van der Waals surface area (Å²) in [5.41, 5.74) is 2.44. The predicted octanol–water partition coefficient (Wildman–Crippen LogP) is 2.09. The number of para-hydroxylation sites is 1. The molecule has 11 heteroatoms. The van der Waals surface area contributed by atoms with E-state index in [2.05, 4.69) is 20.6 Å². The molecule has 0 aliphatic carbocycles. The molecule has 1 atom stereocenters. The standard InChI is InChI=1S/C25H24N6O5/c1-34-13-12-27-25(33)24(17-8-10-26-11-9-17)31(18-6-7-21-22(14-18)36-16-35-21)23(32)15-30-20-5-3-2-4-19(20)28-29-30/h2-11,14,24H,12-13,15-16H2,1H3,(H,27,33). The first-order valence-corrected chi connectivity index (χ1v) is 11.3. The molecule has 0 radical (unpaired) electrons. The van der Waals surface area contributed by atoms with E-state index in [1.807, 2.05) is 24.3 Å². The third-order valence-corrected chi connectivity index (χ3v) is 5.74. The first-order chi connectivity index (χ1) is 17.7. The maximum Gasteiger partial charge on any atom is 0.249 e. The molecule has 11 nitrogen and oxygen atoms in total. The number of ether oxygens (including phenoxy) is 3. The lowest BCUT2D eigenvalue weighted by atomic mass is 10.0. The molecule has 4 aromatic rings. The van der Waals surface area contributed by atoms with Gasteiger partial charge in [-0.2, -0.15) is 0 Å². The maximum atomic E-state index is 13.9. The Morgan fingerprint density at radius 2 is 1.92 bits per heavy atom. The molecule has 36 heavy (non-hydrogen) atoms. The zero-order valence-electron chi connectivity index (χ0n) is 19.5. The van der Waals surface area contributed by atoms with Crippen molar-refractivity contribution in [2.75, 3.05) is 32.0 Å². The summed E-state index contributed by atoms with van der Waals surface area (Å²) in [4.78, 5) is 33.0. The van der Waals surface area contributed by atoms with E-state index in [0.717, 1.165) is 0 Å². The number of fused-ring (bicyclic) bond motifs is 2. The van der Waals surface area contributed by atoms with E-state index >= 15 is 0 Å². The highest BCUT2D eigenvalue weighted by atomic mass is 16.7. The summed E-state index contributed by atoms with van der Waals surface area (Å²) >= 11 is 0. The molecular formula is C25H24N6O5. The molecule has 1 N–H and O–H groups in total. The molecule has 0 saturated carbocycles. The topological polar surface area (TPSA) is 121 Å². The molecule has 1 aliphatic heterocycles.